The number of carboxylic acid groups (broad SMARTS) is 1. The van der Waals surface area contributed by atoms with Crippen LogP contribution in [0.5, 0.6) is 0 Å². The van der Waals surface area contributed by atoms with E-state index in [-0.39, 0.29) is 17.4 Å². The van der Waals surface area contributed by atoms with Crippen LogP contribution < -0.4 is 0 Å². The van der Waals surface area contributed by atoms with E-state index in [1.807, 2.05) is 0 Å². The van der Waals surface area contributed by atoms with Crippen LogP contribution in [0.3, 0.4) is 0 Å². The molecule has 1 heterocycles. The number of sulfone groups is 1. The predicted octanol–water partition coefficient (Wildman–Crippen LogP) is 0.922. The minimum atomic E-state index is -2.89. The Hall–Kier alpha value is -0.580. The number of hydrogen-bond donors (Lipinski definition) is 1. The molecule has 1 aliphatic rings. The zero-order valence-electron chi connectivity index (χ0n) is 8.49. The van der Waals surface area contributed by atoms with E-state index in [4.69, 9.17) is 5.11 Å². The molecule has 4 nitrogen and oxygen atoms in total. The maximum Gasteiger partial charge on any atom is 0.309 e. The van der Waals surface area contributed by atoms with Crippen LogP contribution in [0.25, 0.3) is 0 Å². The van der Waals surface area contributed by atoms with Crippen molar-refractivity contribution in [2.24, 2.45) is 11.3 Å². The first kappa shape index (κ1) is 11.5. The molecular weight excluding hydrogens is 204 g/mol. The highest BCUT2D eigenvalue weighted by molar-refractivity contribution is 7.91. The van der Waals surface area contributed by atoms with Gasteiger partial charge in [0, 0.05) is 0 Å². The van der Waals surface area contributed by atoms with Gasteiger partial charge in [0.1, 0.15) is 0 Å². The van der Waals surface area contributed by atoms with Crippen molar-refractivity contribution in [1.29, 1.82) is 0 Å². The van der Waals surface area contributed by atoms with Crippen LogP contribution in [0.1, 0.15) is 26.7 Å². The highest BCUT2D eigenvalue weighted by Gasteiger charge is 2.36. The highest BCUT2D eigenvalue weighted by atomic mass is 32.2. The third-order valence-corrected chi connectivity index (χ3v) is 4.54. The second-order valence-electron chi connectivity index (χ2n) is 4.66. The Bertz CT molecular complexity index is 329. The molecule has 1 N–H and O–H groups in total. The second-order valence-corrected chi connectivity index (χ2v) is 6.89. The fourth-order valence-electron chi connectivity index (χ4n) is 1.84. The summed E-state index contributed by atoms with van der Waals surface area (Å²) in [4.78, 5) is 10.8. The number of carbonyl (C=O) groups is 1. The Balaban J connectivity index is 2.60. The van der Waals surface area contributed by atoms with Gasteiger partial charge in [0.15, 0.2) is 9.84 Å². The average Bonchev–Trinajstić information content (AvgIpc) is 2.28. The minimum absolute atomic E-state index is 0.0195. The smallest absolute Gasteiger partial charge is 0.309 e. The lowest BCUT2D eigenvalue weighted by molar-refractivity contribution is -0.147. The fraction of sp³-hybridized carbons (Fsp3) is 0.889. The van der Waals surface area contributed by atoms with Crippen LogP contribution in [0, 0.1) is 11.3 Å². The Morgan fingerprint density at radius 2 is 2.07 bits per heavy atom. The van der Waals surface area contributed by atoms with Crippen molar-refractivity contribution in [2.75, 3.05) is 11.5 Å². The van der Waals surface area contributed by atoms with Gasteiger partial charge in [-0.25, -0.2) is 8.42 Å². The van der Waals surface area contributed by atoms with Crippen LogP contribution >= 0.6 is 0 Å². The lowest BCUT2D eigenvalue weighted by Crippen LogP contribution is -2.27. The first-order valence-corrected chi connectivity index (χ1v) is 6.49. The minimum Gasteiger partial charge on any atom is -0.481 e. The molecule has 1 rings (SSSR count). The van der Waals surface area contributed by atoms with Gasteiger partial charge in [0.05, 0.1) is 16.9 Å². The van der Waals surface area contributed by atoms with E-state index < -0.39 is 21.2 Å². The van der Waals surface area contributed by atoms with Crippen molar-refractivity contribution < 1.29 is 18.3 Å². The number of hydrogen-bond acceptors (Lipinski definition) is 3. The Morgan fingerprint density at radius 1 is 1.50 bits per heavy atom. The maximum atomic E-state index is 11.1. The van der Waals surface area contributed by atoms with Crippen LogP contribution in [-0.4, -0.2) is 31.0 Å². The van der Waals surface area contributed by atoms with Gasteiger partial charge < -0.3 is 5.11 Å². The SMILES string of the molecule is CC(C)(CC1CCS(=O)(=O)C1)C(=O)O. The van der Waals surface area contributed by atoms with Gasteiger partial charge in [-0.05, 0) is 32.6 Å². The van der Waals surface area contributed by atoms with Gasteiger partial charge in [-0.1, -0.05) is 0 Å². The standard InChI is InChI=1S/C9H16O4S/c1-9(2,8(10)11)5-7-3-4-14(12,13)6-7/h7H,3-6H2,1-2H3,(H,10,11). The van der Waals surface area contributed by atoms with Gasteiger partial charge in [-0.3, -0.25) is 4.79 Å². The van der Waals surface area contributed by atoms with Crippen molar-refractivity contribution in [3.8, 4) is 0 Å². The predicted molar refractivity (Wildman–Crippen MR) is 52.8 cm³/mol. The summed E-state index contributed by atoms with van der Waals surface area (Å²) in [5.74, 6) is -0.468. The van der Waals surface area contributed by atoms with Crippen LogP contribution in [0.4, 0.5) is 0 Å². The molecule has 1 aliphatic heterocycles. The van der Waals surface area contributed by atoms with Crippen LogP contribution in [-0.2, 0) is 14.6 Å². The topological polar surface area (TPSA) is 71.4 Å². The molecule has 1 atom stereocenters. The zero-order valence-corrected chi connectivity index (χ0v) is 9.30. The Labute approximate surface area is 84.2 Å². The normalized spacial score (nSPS) is 26.3. The quantitative estimate of drug-likeness (QED) is 0.767. The maximum absolute atomic E-state index is 11.1. The van der Waals surface area contributed by atoms with Crippen molar-refractivity contribution in [3.63, 3.8) is 0 Å². The van der Waals surface area contributed by atoms with Gasteiger partial charge in [-0.15, -0.1) is 0 Å². The zero-order chi connectivity index (χ0) is 11.0. The van der Waals surface area contributed by atoms with Gasteiger partial charge in [-0.2, -0.15) is 0 Å². The molecule has 1 saturated heterocycles. The molecule has 1 fully saturated rings. The third kappa shape index (κ3) is 2.70. The fourth-order valence-corrected chi connectivity index (χ4v) is 3.70. The molecule has 5 heteroatoms. The first-order valence-electron chi connectivity index (χ1n) is 4.67. The van der Waals surface area contributed by atoms with E-state index in [2.05, 4.69) is 0 Å². The second kappa shape index (κ2) is 3.53. The van der Waals surface area contributed by atoms with Crippen molar-refractivity contribution >= 4 is 15.8 Å². The molecule has 0 radical (unpaired) electrons. The molecule has 0 aliphatic carbocycles. The van der Waals surface area contributed by atoms with Gasteiger partial charge in [0.2, 0.25) is 0 Å². The lowest BCUT2D eigenvalue weighted by Gasteiger charge is -2.22. The molecule has 0 aromatic rings. The molecule has 1 unspecified atom stereocenters. The summed E-state index contributed by atoms with van der Waals surface area (Å²) < 4.78 is 22.3. The molecule has 14 heavy (non-hydrogen) atoms. The van der Waals surface area contributed by atoms with Crippen LogP contribution in [0.15, 0.2) is 0 Å². The van der Waals surface area contributed by atoms with E-state index in [0.717, 1.165) is 0 Å². The molecule has 82 valence electrons. The summed E-state index contributed by atoms with van der Waals surface area (Å²) in [5.41, 5.74) is -0.815. The van der Waals surface area contributed by atoms with E-state index in [9.17, 15) is 13.2 Å². The molecule has 0 saturated carbocycles. The van der Waals surface area contributed by atoms with E-state index in [1.165, 1.54) is 0 Å². The molecule has 0 amide bonds. The van der Waals surface area contributed by atoms with Crippen molar-refractivity contribution in [3.05, 3.63) is 0 Å². The Morgan fingerprint density at radius 3 is 2.43 bits per heavy atom. The lowest BCUT2D eigenvalue weighted by atomic mass is 9.83. The average molecular weight is 220 g/mol. The van der Waals surface area contributed by atoms with E-state index in [0.29, 0.717) is 12.8 Å². The molecule has 0 aromatic heterocycles. The summed E-state index contributed by atoms with van der Waals surface area (Å²) in [6.45, 7) is 3.28. The summed E-state index contributed by atoms with van der Waals surface area (Å²) in [6.07, 6.45) is 1.06. The Kier molecular flexibility index (Phi) is 2.90. The molecule has 0 spiro atoms. The molecular formula is C9H16O4S. The molecule has 0 bridgehead atoms. The number of aliphatic carboxylic acids is 1. The summed E-state index contributed by atoms with van der Waals surface area (Å²) >= 11 is 0. The van der Waals surface area contributed by atoms with E-state index in [1.54, 1.807) is 13.8 Å². The monoisotopic (exact) mass is 220 g/mol. The van der Waals surface area contributed by atoms with Crippen molar-refractivity contribution in [2.45, 2.75) is 26.7 Å². The van der Waals surface area contributed by atoms with Crippen molar-refractivity contribution in [1.82, 2.24) is 0 Å². The largest absolute Gasteiger partial charge is 0.481 e. The third-order valence-electron chi connectivity index (χ3n) is 2.70. The molecule has 0 aromatic carbocycles. The van der Waals surface area contributed by atoms with Gasteiger partial charge >= 0.3 is 5.97 Å². The summed E-state index contributed by atoms with van der Waals surface area (Å²) in [5, 5.41) is 8.88. The summed E-state index contributed by atoms with van der Waals surface area (Å²) in [7, 11) is -2.89. The van der Waals surface area contributed by atoms with Gasteiger partial charge in [0.25, 0.3) is 0 Å². The van der Waals surface area contributed by atoms with Crippen LogP contribution in [0.2, 0.25) is 0 Å². The van der Waals surface area contributed by atoms with E-state index >= 15 is 0 Å². The summed E-state index contributed by atoms with van der Waals surface area (Å²) in [6, 6.07) is 0. The number of rotatable bonds is 3. The first-order chi connectivity index (χ1) is 6.23. The number of carboxylic acids is 1. The highest BCUT2D eigenvalue weighted by Crippen LogP contribution is 2.32.